The number of unbranched alkanes of at least 4 members (excludes halogenated alkanes) is 2. The smallest absolute Gasteiger partial charge is 0.203 e. The summed E-state index contributed by atoms with van der Waals surface area (Å²) in [6.07, 6.45) is 6.98. The van der Waals surface area contributed by atoms with Crippen molar-refractivity contribution >= 4 is 0 Å². The Balaban J connectivity index is 1.96. The first-order chi connectivity index (χ1) is 8.18. The van der Waals surface area contributed by atoms with Gasteiger partial charge in [0, 0.05) is 18.0 Å². The summed E-state index contributed by atoms with van der Waals surface area (Å²) in [5.41, 5.74) is 0. The van der Waals surface area contributed by atoms with E-state index >= 15 is 0 Å². The van der Waals surface area contributed by atoms with E-state index in [0.717, 1.165) is 38.7 Å². The Morgan fingerprint density at radius 1 is 1.41 bits per heavy atom. The lowest BCUT2D eigenvalue weighted by atomic mass is 10.1. The van der Waals surface area contributed by atoms with Crippen molar-refractivity contribution in [3.63, 3.8) is 0 Å². The van der Waals surface area contributed by atoms with E-state index in [-0.39, 0.29) is 23.9 Å². The largest absolute Gasteiger partial charge is 0.353 e. The second-order valence-electron chi connectivity index (χ2n) is 4.65. The first kappa shape index (κ1) is 14.4. The number of hydrogen-bond acceptors (Lipinski definition) is 4. The zero-order valence-electron chi connectivity index (χ0n) is 10.6. The molecule has 0 spiro atoms. The van der Waals surface area contributed by atoms with E-state index < -0.39 is 0 Å². The second-order valence-corrected chi connectivity index (χ2v) is 4.65. The fourth-order valence-corrected chi connectivity index (χ4v) is 2.00. The highest BCUT2D eigenvalue weighted by Crippen LogP contribution is 2.17. The molecule has 1 saturated heterocycles. The summed E-state index contributed by atoms with van der Waals surface area (Å²) in [7, 11) is 0. The third-order valence-electron chi connectivity index (χ3n) is 2.97. The molecule has 0 amide bonds. The molecule has 0 saturated carbocycles. The summed E-state index contributed by atoms with van der Waals surface area (Å²) in [5, 5.41) is 10.1. The molecule has 5 heteroatoms. The van der Waals surface area contributed by atoms with Gasteiger partial charge in [0.25, 0.3) is 0 Å². The molecule has 0 N–H and O–H groups in total. The first-order valence-electron chi connectivity index (χ1n) is 6.57. The monoisotopic (exact) mass is 245 g/mol. The predicted octanol–water partition coefficient (Wildman–Crippen LogP) is 2.76. The average molecular weight is 245 g/mol. The van der Waals surface area contributed by atoms with Crippen LogP contribution in [0.2, 0.25) is 0 Å². The molecule has 0 aliphatic carbocycles. The van der Waals surface area contributed by atoms with Gasteiger partial charge in [-0.15, -0.1) is 0 Å². The van der Waals surface area contributed by atoms with Crippen molar-refractivity contribution in [3.8, 4) is 0 Å². The molecule has 1 aliphatic rings. The standard InChI is InChI=1S/C12H23NO4/c1-11(7-3-2-5-9-13(14)15)17-12-8-4-6-10-16-12/h11-12H,2-10H2,1H3. The fourth-order valence-electron chi connectivity index (χ4n) is 2.00. The van der Waals surface area contributed by atoms with Crippen LogP contribution in [0.5, 0.6) is 0 Å². The van der Waals surface area contributed by atoms with E-state index in [1.54, 1.807) is 0 Å². The lowest BCUT2D eigenvalue weighted by molar-refractivity contribution is -0.480. The number of ether oxygens (including phenoxy) is 2. The van der Waals surface area contributed by atoms with E-state index in [2.05, 4.69) is 0 Å². The van der Waals surface area contributed by atoms with Gasteiger partial charge in [0.1, 0.15) is 0 Å². The van der Waals surface area contributed by atoms with Gasteiger partial charge < -0.3 is 9.47 Å². The van der Waals surface area contributed by atoms with Gasteiger partial charge in [0.15, 0.2) is 6.29 Å². The zero-order valence-corrected chi connectivity index (χ0v) is 10.6. The molecule has 2 unspecified atom stereocenters. The fraction of sp³-hybridized carbons (Fsp3) is 1.00. The van der Waals surface area contributed by atoms with Gasteiger partial charge >= 0.3 is 0 Å². The number of nitro groups is 1. The van der Waals surface area contributed by atoms with E-state index in [9.17, 15) is 10.1 Å². The number of rotatable bonds is 8. The maximum Gasteiger partial charge on any atom is 0.203 e. The van der Waals surface area contributed by atoms with Crippen LogP contribution in [0.25, 0.3) is 0 Å². The predicted molar refractivity (Wildman–Crippen MR) is 64.5 cm³/mol. The molecular formula is C12H23NO4. The van der Waals surface area contributed by atoms with Crippen LogP contribution >= 0.6 is 0 Å². The van der Waals surface area contributed by atoms with Crippen molar-refractivity contribution in [3.05, 3.63) is 10.1 Å². The molecule has 17 heavy (non-hydrogen) atoms. The maximum atomic E-state index is 10.1. The minimum atomic E-state index is -0.254. The molecule has 5 nitrogen and oxygen atoms in total. The third kappa shape index (κ3) is 7.28. The van der Waals surface area contributed by atoms with Crippen molar-refractivity contribution in [1.82, 2.24) is 0 Å². The van der Waals surface area contributed by atoms with Crippen LogP contribution < -0.4 is 0 Å². The lowest BCUT2D eigenvalue weighted by Gasteiger charge is -2.26. The normalized spacial score (nSPS) is 22.3. The van der Waals surface area contributed by atoms with Crippen molar-refractivity contribution in [1.29, 1.82) is 0 Å². The molecule has 0 radical (unpaired) electrons. The van der Waals surface area contributed by atoms with Gasteiger partial charge in [-0.05, 0) is 39.0 Å². The SMILES string of the molecule is CC(CCCCC[N+](=O)[O-])OC1CCCCO1. The minimum absolute atomic E-state index is 0.0301. The van der Waals surface area contributed by atoms with Crippen LogP contribution in [0, 0.1) is 10.1 Å². The van der Waals surface area contributed by atoms with Gasteiger partial charge in [0.05, 0.1) is 6.10 Å². The number of nitrogens with zero attached hydrogens (tertiary/aromatic N) is 1. The molecule has 100 valence electrons. The Morgan fingerprint density at radius 2 is 2.24 bits per heavy atom. The summed E-state index contributed by atoms with van der Waals surface area (Å²) in [5.74, 6) is 0. The van der Waals surface area contributed by atoms with Gasteiger partial charge in [-0.25, -0.2) is 0 Å². The average Bonchev–Trinajstić information content (AvgIpc) is 2.29. The molecule has 0 aromatic carbocycles. The summed E-state index contributed by atoms with van der Waals surface area (Å²) >= 11 is 0. The van der Waals surface area contributed by atoms with Crippen molar-refractivity contribution < 1.29 is 14.4 Å². The molecule has 1 aliphatic heterocycles. The molecular weight excluding hydrogens is 222 g/mol. The first-order valence-corrected chi connectivity index (χ1v) is 6.57. The Bertz CT molecular complexity index is 217. The van der Waals surface area contributed by atoms with Crippen LogP contribution in [0.15, 0.2) is 0 Å². The van der Waals surface area contributed by atoms with Crippen LogP contribution in [0.4, 0.5) is 0 Å². The Kier molecular flexibility index (Phi) is 7.12. The van der Waals surface area contributed by atoms with Gasteiger partial charge in [0.2, 0.25) is 6.54 Å². The molecule has 1 heterocycles. The third-order valence-corrected chi connectivity index (χ3v) is 2.97. The van der Waals surface area contributed by atoms with E-state index in [4.69, 9.17) is 9.47 Å². The molecule has 0 aromatic rings. The molecule has 0 bridgehead atoms. The molecule has 2 atom stereocenters. The van der Waals surface area contributed by atoms with E-state index in [0.29, 0.717) is 6.42 Å². The highest BCUT2D eigenvalue weighted by Gasteiger charge is 2.16. The summed E-state index contributed by atoms with van der Waals surface area (Å²) in [4.78, 5) is 9.87. The quantitative estimate of drug-likeness (QED) is 0.375. The summed E-state index contributed by atoms with van der Waals surface area (Å²) < 4.78 is 11.3. The van der Waals surface area contributed by atoms with Crippen molar-refractivity contribution in [2.45, 2.75) is 64.3 Å². The van der Waals surface area contributed by atoms with Gasteiger partial charge in [-0.2, -0.15) is 0 Å². The Labute approximate surface area is 103 Å². The van der Waals surface area contributed by atoms with Crippen LogP contribution in [0.3, 0.4) is 0 Å². The minimum Gasteiger partial charge on any atom is -0.353 e. The topological polar surface area (TPSA) is 61.6 Å². The van der Waals surface area contributed by atoms with Crippen LogP contribution in [0.1, 0.15) is 51.9 Å². The van der Waals surface area contributed by atoms with Crippen molar-refractivity contribution in [2.75, 3.05) is 13.2 Å². The van der Waals surface area contributed by atoms with Crippen LogP contribution in [-0.4, -0.2) is 30.5 Å². The van der Waals surface area contributed by atoms with E-state index in [1.165, 1.54) is 6.42 Å². The highest BCUT2D eigenvalue weighted by molar-refractivity contribution is 4.58. The lowest BCUT2D eigenvalue weighted by Crippen LogP contribution is -2.26. The molecule has 0 aromatic heterocycles. The Morgan fingerprint density at radius 3 is 2.88 bits per heavy atom. The van der Waals surface area contributed by atoms with E-state index in [1.807, 2.05) is 6.92 Å². The van der Waals surface area contributed by atoms with Crippen LogP contribution in [-0.2, 0) is 9.47 Å². The second kappa shape index (κ2) is 8.42. The van der Waals surface area contributed by atoms with Crippen molar-refractivity contribution in [2.24, 2.45) is 0 Å². The van der Waals surface area contributed by atoms with Gasteiger partial charge in [-0.1, -0.05) is 6.42 Å². The molecule has 1 fully saturated rings. The number of hydrogen-bond donors (Lipinski definition) is 0. The maximum absolute atomic E-state index is 10.1. The Hall–Kier alpha value is -0.680. The highest BCUT2D eigenvalue weighted by atomic mass is 16.7. The molecule has 1 rings (SSSR count). The summed E-state index contributed by atoms with van der Waals surface area (Å²) in [6, 6.07) is 0. The van der Waals surface area contributed by atoms with Gasteiger partial charge in [-0.3, -0.25) is 10.1 Å². The zero-order chi connectivity index (χ0) is 12.5. The summed E-state index contributed by atoms with van der Waals surface area (Å²) in [6.45, 7) is 2.94.